The van der Waals surface area contributed by atoms with Gasteiger partial charge in [0, 0.05) is 9.86 Å². The summed E-state index contributed by atoms with van der Waals surface area (Å²) in [5.41, 5.74) is 5.48. The molecule has 252 valence electrons. The molecular formula is C10H49Br2ClN2O21S. The lowest BCUT2D eigenvalue weighted by Crippen LogP contribution is -2.08. The third-order valence-corrected chi connectivity index (χ3v) is 4.81. The second-order valence-electron chi connectivity index (χ2n) is 3.14. The topological polar surface area (TPSA) is 689 Å². The number of nitrogens with two attached hydrogens (primary N) is 1. The molecule has 1 heterocycles. The summed E-state index contributed by atoms with van der Waals surface area (Å²) in [6.07, 6.45) is 0. The second-order valence-corrected chi connectivity index (χ2v) is 5.90. The molecule has 0 spiro atoms. The molecule has 0 amide bonds. The van der Waals surface area contributed by atoms with Crippen LogP contribution < -0.4 is 10.5 Å². The van der Waals surface area contributed by atoms with Crippen LogP contribution in [0.2, 0.25) is 0 Å². The van der Waals surface area contributed by atoms with Crippen molar-refractivity contribution in [3.8, 4) is 5.75 Å². The molecule has 0 radical (unpaired) electrons. The highest BCUT2D eigenvalue weighted by Gasteiger charge is 2.14. The van der Waals surface area contributed by atoms with Crippen LogP contribution in [-0.4, -0.2) is 122 Å². The zero-order valence-corrected chi connectivity index (χ0v) is 23.5. The first-order chi connectivity index (χ1) is 7.54. The number of nitrogen functional groups attached to an aromatic ring is 1. The van der Waals surface area contributed by atoms with Gasteiger partial charge in [0.25, 0.3) is 0 Å². The van der Waals surface area contributed by atoms with Gasteiger partial charge >= 0.3 is 0 Å². The molecule has 23 nitrogen and oxygen atoms in total. The van der Waals surface area contributed by atoms with E-state index >= 15 is 0 Å². The highest BCUT2D eigenvalue weighted by Crippen LogP contribution is 2.42. The van der Waals surface area contributed by atoms with Gasteiger partial charge in [-0.15, -0.1) is 23.7 Å². The van der Waals surface area contributed by atoms with E-state index in [1.54, 1.807) is 7.11 Å². The van der Waals surface area contributed by atoms with Crippen LogP contribution in [0.5, 0.6) is 5.75 Å². The van der Waals surface area contributed by atoms with E-state index < -0.39 is 0 Å². The third kappa shape index (κ3) is 34.9. The van der Waals surface area contributed by atoms with Crippen LogP contribution in [0, 0.1) is 5.41 Å². The molecule has 0 aliphatic rings. The maximum absolute atomic E-state index is 7.44. The molecule has 0 fully saturated rings. The van der Waals surface area contributed by atoms with E-state index in [1.807, 2.05) is 12.1 Å². The average Bonchev–Trinajstić information content (AvgIpc) is 2.63. The molecule has 0 bridgehead atoms. The Morgan fingerprint density at radius 1 is 0.649 bits per heavy atom. The normalized spacial score (nSPS) is 4.62. The molecule has 27 heteroatoms. The lowest BCUT2D eigenvalue weighted by Gasteiger charge is -2.05. The summed E-state index contributed by atoms with van der Waals surface area (Å²) in [6.45, 7) is 0. The van der Waals surface area contributed by atoms with Crippen molar-refractivity contribution < 1.29 is 114 Å². The predicted octanol–water partition coefficient (Wildman–Crippen LogP) is -12.4. The smallest absolute Gasteiger partial charge is 0.141 e. The van der Waals surface area contributed by atoms with Crippen molar-refractivity contribution in [3.05, 3.63) is 26.0 Å². The van der Waals surface area contributed by atoms with E-state index in [-0.39, 0.29) is 128 Å². The van der Waals surface area contributed by atoms with Gasteiger partial charge in [-0.25, -0.2) is 0 Å². The van der Waals surface area contributed by atoms with Gasteiger partial charge in [-0.2, -0.15) is 0 Å². The van der Waals surface area contributed by atoms with E-state index in [1.165, 1.54) is 11.3 Å². The molecule has 1 aromatic carbocycles. The zero-order chi connectivity index (χ0) is 11.9. The number of hydrogen-bond donors (Lipinski definition) is 2. The molecule has 1 aromatic heterocycles. The van der Waals surface area contributed by atoms with Gasteiger partial charge in [-0.1, -0.05) is 0 Å². The summed E-state index contributed by atoms with van der Waals surface area (Å²) in [7, 11) is 1.62. The van der Waals surface area contributed by atoms with Crippen LogP contribution in [-0.2, 0) is 0 Å². The molecule has 37 heavy (non-hydrogen) atoms. The predicted molar refractivity (Wildman–Crippen MR) is 154 cm³/mol. The summed E-state index contributed by atoms with van der Waals surface area (Å²) in [5, 5.41) is 8.40. The minimum absolute atomic E-state index is 0. The number of amidine groups is 1. The van der Waals surface area contributed by atoms with Gasteiger partial charge < -0.3 is 120 Å². The Morgan fingerprint density at radius 2 is 0.946 bits per heavy atom. The lowest BCUT2D eigenvalue weighted by molar-refractivity contribution is 0.417. The summed E-state index contributed by atoms with van der Waals surface area (Å²) in [6, 6.07) is 3.80. The van der Waals surface area contributed by atoms with Crippen molar-refractivity contribution in [3.63, 3.8) is 0 Å². The molecule has 0 saturated carbocycles. The lowest BCUT2D eigenvalue weighted by atomic mass is 10.2. The van der Waals surface area contributed by atoms with Crippen molar-refractivity contribution >= 4 is 71.5 Å². The summed E-state index contributed by atoms with van der Waals surface area (Å²) < 4.78 is 8.21. The molecular weight excluding hydrogens is 711 g/mol. The van der Waals surface area contributed by atoms with Gasteiger partial charge in [0.2, 0.25) is 0 Å². The van der Waals surface area contributed by atoms with Crippen LogP contribution in [0.4, 0.5) is 0 Å². The first kappa shape index (κ1) is 173. The molecule has 2 aromatic rings. The third-order valence-electron chi connectivity index (χ3n) is 2.13. The minimum atomic E-state index is 0. The highest BCUT2D eigenvalue weighted by atomic mass is 79.9. The van der Waals surface area contributed by atoms with E-state index in [0.29, 0.717) is 0 Å². The number of rotatable bonds is 2. The van der Waals surface area contributed by atoms with Crippen LogP contribution in [0.25, 0.3) is 10.1 Å². The van der Waals surface area contributed by atoms with Gasteiger partial charge in [-0.3, -0.25) is 5.41 Å². The van der Waals surface area contributed by atoms with Crippen molar-refractivity contribution in [1.29, 1.82) is 5.41 Å². The Bertz CT molecular complexity index is 616. The Kier molecular flexibility index (Phi) is 328. The highest BCUT2D eigenvalue weighted by molar-refractivity contribution is 9.11. The van der Waals surface area contributed by atoms with Crippen LogP contribution in [0.15, 0.2) is 21.1 Å². The van der Waals surface area contributed by atoms with Crippen molar-refractivity contribution in [2.75, 3.05) is 7.11 Å². The van der Waals surface area contributed by atoms with Crippen LogP contribution >= 0.6 is 55.6 Å². The Morgan fingerprint density at radius 3 is 1.19 bits per heavy atom. The molecule has 0 unspecified atom stereocenters. The zero-order valence-electron chi connectivity index (χ0n) is 18.7. The number of hydrogen-bond acceptors (Lipinski definition) is 3. The number of methoxy groups -OCH3 is 1. The van der Waals surface area contributed by atoms with Crippen LogP contribution in [0.3, 0.4) is 0 Å². The summed E-state index contributed by atoms with van der Waals surface area (Å²) in [4.78, 5) is 0.743. The van der Waals surface area contributed by atoms with E-state index in [9.17, 15) is 0 Å². The summed E-state index contributed by atoms with van der Waals surface area (Å²) in [5.74, 6) is 0.841. The largest absolute Gasteiger partial charge is 0.495 e. The fraction of sp³-hybridized carbons (Fsp3) is 0.100. The maximum Gasteiger partial charge on any atom is 0.141 e. The standard InChI is InChI=1S/C10H8Br2N2OS.ClH.20H2O/c1-15-8-4-2-7(10(13)14)16-9(4)6(12)3-5(8)11;;;;;;;;;;;;;;;;;;;;;/h2-3H,1H3,(H3,13,14);1H;20*1H2. The van der Waals surface area contributed by atoms with E-state index in [4.69, 9.17) is 15.9 Å². The Hall–Kier alpha value is -1.10. The fourth-order valence-electron chi connectivity index (χ4n) is 1.45. The Balaban J connectivity index is -0.00000000765. The molecule has 0 atom stereocenters. The van der Waals surface area contributed by atoms with Gasteiger partial charge in [0.15, 0.2) is 0 Å². The van der Waals surface area contributed by atoms with Crippen LogP contribution in [0.1, 0.15) is 4.88 Å². The monoisotopic (exact) mass is 758 g/mol. The second kappa shape index (κ2) is 70.2. The van der Waals surface area contributed by atoms with E-state index in [0.717, 1.165) is 29.7 Å². The van der Waals surface area contributed by atoms with Gasteiger partial charge in [0.05, 0.1) is 21.2 Å². The summed E-state index contributed by atoms with van der Waals surface area (Å²) >= 11 is 8.40. The first-order valence-electron chi connectivity index (χ1n) is 4.34. The number of ether oxygens (including phenoxy) is 1. The fourth-order valence-corrected chi connectivity index (χ4v) is 3.97. The quantitative estimate of drug-likeness (QED) is 0.222. The number of thiophene rings is 1. The SMILES string of the molecule is COc1c(Br)cc(Br)c2sc(C(=N)N)cc12.Cl.O.O.O.O.O.O.O.O.O.O.O.O.O.O.O.O.O.O.O.O. The van der Waals surface area contributed by atoms with Gasteiger partial charge in [-0.05, 0) is 44.0 Å². The van der Waals surface area contributed by atoms with Crippen molar-refractivity contribution in [2.45, 2.75) is 0 Å². The molecule has 2 rings (SSSR count). The molecule has 0 aliphatic heterocycles. The molecule has 0 aliphatic carbocycles. The van der Waals surface area contributed by atoms with E-state index in [2.05, 4.69) is 31.9 Å². The maximum atomic E-state index is 7.44. The number of halogens is 3. The first-order valence-corrected chi connectivity index (χ1v) is 6.74. The van der Waals surface area contributed by atoms with Gasteiger partial charge in [0.1, 0.15) is 11.6 Å². The minimum Gasteiger partial charge on any atom is -0.495 e. The number of nitrogens with one attached hydrogen (secondary N) is 1. The number of fused-ring (bicyclic) bond motifs is 1. The Labute approximate surface area is 235 Å². The average molecular weight is 761 g/mol. The van der Waals surface area contributed by atoms with Crippen molar-refractivity contribution in [1.82, 2.24) is 0 Å². The molecule has 0 saturated heterocycles. The molecule has 43 N–H and O–H groups in total. The van der Waals surface area contributed by atoms with Crippen molar-refractivity contribution in [2.24, 2.45) is 5.73 Å². The number of benzene rings is 1.